The average Bonchev–Trinajstić information content (AvgIpc) is 3.18. The van der Waals surface area contributed by atoms with Crippen LogP contribution < -0.4 is 0 Å². The molecule has 1 N–H and O–H groups in total. The first kappa shape index (κ1) is 17.4. The molecule has 3 saturated heterocycles. The first-order chi connectivity index (χ1) is 12.6. The molecule has 3 fully saturated rings. The predicted octanol–water partition coefficient (Wildman–Crippen LogP) is 0.853. The number of ether oxygens (including phenoxy) is 1. The Morgan fingerprint density at radius 3 is 2.69 bits per heavy atom. The van der Waals surface area contributed by atoms with Gasteiger partial charge >= 0.3 is 5.97 Å². The van der Waals surface area contributed by atoms with Crippen molar-refractivity contribution in [1.29, 1.82) is 0 Å². The molecule has 0 saturated carbocycles. The Kier molecular flexibility index (Phi) is 4.67. The van der Waals surface area contributed by atoms with Gasteiger partial charge in [0.05, 0.1) is 5.69 Å². The number of nitrogens with zero attached hydrogens (tertiary/aromatic N) is 3. The molecule has 3 aliphatic heterocycles. The molecule has 1 aromatic heterocycles. The maximum atomic E-state index is 12.8. The van der Waals surface area contributed by atoms with E-state index in [1.807, 2.05) is 18.2 Å². The van der Waals surface area contributed by atoms with Gasteiger partial charge in [-0.2, -0.15) is 0 Å². The summed E-state index contributed by atoms with van der Waals surface area (Å²) in [6, 6.07) is 5.78. The molecule has 1 amide bonds. The fraction of sp³-hybridized carbons (Fsp3) is 0.632. The predicted molar refractivity (Wildman–Crippen MR) is 93.2 cm³/mol. The van der Waals surface area contributed by atoms with Crippen molar-refractivity contribution < 1.29 is 19.4 Å². The lowest BCUT2D eigenvalue weighted by molar-refractivity contribution is -0.149. The average molecular weight is 359 g/mol. The molecule has 3 aliphatic rings. The lowest BCUT2D eigenvalue weighted by Crippen LogP contribution is -2.43. The number of hydrogen-bond acceptors (Lipinski definition) is 5. The van der Waals surface area contributed by atoms with E-state index in [0.29, 0.717) is 45.9 Å². The standard InChI is InChI=1S/C19H25N3O4/c23-17(14-4-7-26-8-5-14)22-10-15-9-21(11-16-3-1-2-6-20-16)12-19(15,13-22)18(24)25/h1-3,6,14-15H,4-5,7-13H2,(H,24,25)/t15-,19-/m1/s1. The summed E-state index contributed by atoms with van der Waals surface area (Å²) in [5, 5.41) is 9.97. The van der Waals surface area contributed by atoms with Crippen LogP contribution in [0.4, 0.5) is 0 Å². The fourth-order valence-electron chi connectivity index (χ4n) is 4.68. The van der Waals surface area contributed by atoms with Gasteiger partial charge in [0.15, 0.2) is 0 Å². The minimum Gasteiger partial charge on any atom is -0.481 e. The Balaban J connectivity index is 1.45. The number of carboxylic acid groups (broad SMARTS) is 1. The Hall–Kier alpha value is -1.99. The van der Waals surface area contributed by atoms with Crippen LogP contribution in [0.15, 0.2) is 24.4 Å². The highest BCUT2D eigenvalue weighted by atomic mass is 16.5. The number of likely N-dealkylation sites (tertiary alicyclic amines) is 2. The number of carbonyl (C=O) groups is 2. The molecule has 7 nitrogen and oxygen atoms in total. The second-order valence-corrected chi connectivity index (χ2v) is 7.75. The molecule has 0 unspecified atom stereocenters. The minimum absolute atomic E-state index is 0.0157. The van der Waals surface area contributed by atoms with Gasteiger partial charge in [-0.15, -0.1) is 0 Å². The number of pyridine rings is 1. The maximum absolute atomic E-state index is 12.8. The van der Waals surface area contributed by atoms with Crippen LogP contribution >= 0.6 is 0 Å². The van der Waals surface area contributed by atoms with E-state index in [-0.39, 0.29) is 17.7 Å². The molecule has 0 bridgehead atoms. The second kappa shape index (κ2) is 6.96. The summed E-state index contributed by atoms with van der Waals surface area (Å²) < 4.78 is 5.34. The Bertz CT molecular complexity index is 677. The summed E-state index contributed by atoms with van der Waals surface area (Å²) in [6.07, 6.45) is 3.24. The van der Waals surface area contributed by atoms with Crippen LogP contribution in [0.3, 0.4) is 0 Å². The van der Waals surface area contributed by atoms with Gasteiger partial charge in [-0.1, -0.05) is 6.07 Å². The molecular formula is C19H25N3O4. The van der Waals surface area contributed by atoms with E-state index in [9.17, 15) is 14.7 Å². The molecule has 2 atom stereocenters. The number of aliphatic carboxylic acids is 1. The van der Waals surface area contributed by atoms with Crippen molar-refractivity contribution in [3.63, 3.8) is 0 Å². The van der Waals surface area contributed by atoms with Gasteiger partial charge < -0.3 is 14.7 Å². The van der Waals surface area contributed by atoms with E-state index in [4.69, 9.17) is 4.74 Å². The van der Waals surface area contributed by atoms with Crippen molar-refractivity contribution in [2.24, 2.45) is 17.3 Å². The molecule has 0 spiro atoms. The molecule has 1 aromatic rings. The van der Waals surface area contributed by atoms with Gasteiger partial charge in [-0.05, 0) is 25.0 Å². The molecule has 0 aliphatic carbocycles. The smallest absolute Gasteiger partial charge is 0.313 e. The monoisotopic (exact) mass is 359 g/mol. The molecular weight excluding hydrogens is 334 g/mol. The molecule has 4 heterocycles. The number of aromatic nitrogens is 1. The summed E-state index contributed by atoms with van der Waals surface area (Å²) in [5.74, 6) is -0.710. The lowest BCUT2D eigenvalue weighted by atomic mass is 9.81. The van der Waals surface area contributed by atoms with Crippen LogP contribution in [-0.4, -0.2) is 71.2 Å². The van der Waals surface area contributed by atoms with Gasteiger partial charge in [0.25, 0.3) is 0 Å². The van der Waals surface area contributed by atoms with Crippen LogP contribution in [-0.2, 0) is 20.9 Å². The molecule has 4 rings (SSSR count). The van der Waals surface area contributed by atoms with Crippen molar-refractivity contribution >= 4 is 11.9 Å². The Labute approximate surface area is 152 Å². The van der Waals surface area contributed by atoms with Crippen molar-refractivity contribution in [3.8, 4) is 0 Å². The highest BCUT2D eigenvalue weighted by molar-refractivity contribution is 5.83. The maximum Gasteiger partial charge on any atom is 0.313 e. The van der Waals surface area contributed by atoms with E-state index in [2.05, 4.69) is 9.88 Å². The van der Waals surface area contributed by atoms with Crippen LogP contribution in [0, 0.1) is 17.3 Å². The van der Waals surface area contributed by atoms with E-state index >= 15 is 0 Å². The number of fused-ring (bicyclic) bond motifs is 1. The van der Waals surface area contributed by atoms with Gasteiger partial charge in [0.2, 0.25) is 5.91 Å². The molecule has 26 heavy (non-hydrogen) atoms. The zero-order valence-corrected chi connectivity index (χ0v) is 14.8. The number of hydrogen-bond donors (Lipinski definition) is 1. The Morgan fingerprint density at radius 2 is 2.04 bits per heavy atom. The number of rotatable bonds is 4. The lowest BCUT2D eigenvalue weighted by Gasteiger charge is -2.29. The molecule has 7 heteroatoms. The van der Waals surface area contributed by atoms with Crippen LogP contribution in [0.5, 0.6) is 0 Å². The number of amides is 1. The fourth-order valence-corrected chi connectivity index (χ4v) is 4.68. The third-order valence-corrected chi connectivity index (χ3v) is 6.10. The van der Waals surface area contributed by atoms with Gasteiger partial charge in [0.1, 0.15) is 5.41 Å². The summed E-state index contributed by atoms with van der Waals surface area (Å²) >= 11 is 0. The van der Waals surface area contributed by atoms with Crippen molar-refractivity contribution in [2.45, 2.75) is 19.4 Å². The number of carboxylic acids is 1. The highest BCUT2D eigenvalue weighted by Gasteiger charge is 2.58. The van der Waals surface area contributed by atoms with Crippen LogP contribution in [0.1, 0.15) is 18.5 Å². The van der Waals surface area contributed by atoms with Crippen LogP contribution in [0.25, 0.3) is 0 Å². The SMILES string of the molecule is O=C(C1CCOCC1)N1C[C@H]2CN(Cc3ccccn3)C[C@@]2(C(=O)O)C1. The van der Waals surface area contributed by atoms with Gasteiger partial charge in [-0.3, -0.25) is 19.5 Å². The van der Waals surface area contributed by atoms with Crippen LogP contribution in [0.2, 0.25) is 0 Å². The molecule has 140 valence electrons. The van der Waals surface area contributed by atoms with Crippen molar-refractivity contribution in [3.05, 3.63) is 30.1 Å². The van der Waals surface area contributed by atoms with Gasteiger partial charge in [-0.25, -0.2) is 0 Å². The Morgan fingerprint density at radius 1 is 1.23 bits per heavy atom. The highest BCUT2D eigenvalue weighted by Crippen LogP contribution is 2.44. The van der Waals surface area contributed by atoms with Crippen molar-refractivity contribution in [1.82, 2.24) is 14.8 Å². The first-order valence-electron chi connectivity index (χ1n) is 9.31. The summed E-state index contributed by atoms with van der Waals surface area (Å²) in [5.41, 5.74) is 0.0958. The zero-order valence-electron chi connectivity index (χ0n) is 14.8. The van der Waals surface area contributed by atoms with E-state index in [0.717, 1.165) is 18.5 Å². The number of carbonyl (C=O) groups excluding carboxylic acids is 1. The normalized spacial score (nSPS) is 29.7. The third kappa shape index (κ3) is 3.10. The third-order valence-electron chi connectivity index (χ3n) is 6.10. The topological polar surface area (TPSA) is 83.0 Å². The largest absolute Gasteiger partial charge is 0.481 e. The van der Waals surface area contributed by atoms with E-state index < -0.39 is 11.4 Å². The molecule has 0 radical (unpaired) electrons. The van der Waals surface area contributed by atoms with Gasteiger partial charge in [0, 0.05) is 64.0 Å². The summed E-state index contributed by atoms with van der Waals surface area (Å²) in [7, 11) is 0. The van der Waals surface area contributed by atoms with Crippen molar-refractivity contribution in [2.75, 3.05) is 39.4 Å². The first-order valence-corrected chi connectivity index (χ1v) is 9.31. The minimum atomic E-state index is -0.852. The quantitative estimate of drug-likeness (QED) is 0.858. The second-order valence-electron chi connectivity index (χ2n) is 7.75. The van der Waals surface area contributed by atoms with E-state index in [1.54, 1.807) is 11.1 Å². The summed E-state index contributed by atoms with van der Waals surface area (Å²) in [6.45, 7) is 3.93. The zero-order chi connectivity index (χ0) is 18.1. The molecule has 0 aromatic carbocycles. The van der Waals surface area contributed by atoms with E-state index in [1.165, 1.54) is 0 Å². The summed E-state index contributed by atoms with van der Waals surface area (Å²) in [4.78, 5) is 33.3.